The summed E-state index contributed by atoms with van der Waals surface area (Å²) in [6.07, 6.45) is 4.96. The van der Waals surface area contributed by atoms with Crippen LogP contribution in [0.3, 0.4) is 0 Å². The maximum atomic E-state index is 14.7. The third-order valence-corrected chi connectivity index (χ3v) is 5.40. The number of carbonyl (C=O) groups excluding carboxylic acids is 1. The summed E-state index contributed by atoms with van der Waals surface area (Å²) in [4.78, 5) is 13.0. The number of ketones is 1. The molecule has 3 rings (SSSR count). The predicted molar refractivity (Wildman–Crippen MR) is 132 cm³/mol. The molecule has 0 spiro atoms. The normalized spacial score (nSPS) is 14.8. The molecule has 7 nitrogen and oxygen atoms in total. The number of benzene rings is 2. The van der Waals surface area contributed by atoms with Crippen LogP contribution in [0.1, 0.15) is 24.3 Å². The molecule has 0 atom stereocenters. The Balaban J connectivity index is 1.77. The Morgan fingerprint density at radius 2 is 1.91 bits per heavy atom. The van der Waals surface area contributed by atoms with Crippen molar-refractivity contribution in [2.45, 2.75) is 18.8 Å². The summed E-state index contributed by atoms with van der Waals surface area (Å²) >= 11 is 0. The number of rotatable bonds is 12. The summed E-state index contributed by atoms with van der Waals surface area (Å²) in [5.74, 6) is -1.50. The summed E-state index contributed by atoms with van der Waals surface area (Å²) < 4.78 is 38.1. The lowest BCUT2D eigenvalue weighted by Crippen LogP contribution is -2.24. The fourth-order valence-electron chi connectivity index (χ4n) is 3.59. The molecule has 0 amide bonds. The van der Waals surface area contributed by atoms with Crippen LogP contribution in [0.5, 0.6) is 0 Å². The number of Topliss-reactive ketones (excluding diaryl/α,β-unsaturated/α-hetero) is 1. The van der Waals surface area contributed by atoms with E-state index >= 15 is 0 Å². The van der Waals surface area contributed by atoms with Gasteiger partial charge < -0.3 is 25.5 Å². The number of alkyl halides is 1. The van der Waals surface area contributed by atoms with Gasteiger partial charge in [0.1, 0.15) is 24.8 Å². The molecule has 4 N–H and O–H groups in total. The fraction of sp³-hybridized carbons (Fsp3) is 0.269. The molecule has 1 saturated heterocycles. The van der Waals surface area contributed by atoms with Crippen LogP contribution in [0.4, 0.5) is 20.2 Å². The van der Waals surface area contributed by atoms with Gasteiger partial charge in [0, 0.05) is 31.3 Å². The number of hydrogen-bond donors (Lipinski definition) is 4. The van der Waals surface area contributed by atoms with Gasteiger partial charge in [-0.2, -0.15) is 0 Å². The van der Waals surface area contributed by atoms with Gasteiger partial charge >= 0.3 is 0 Å². The highest BCUT2D eigenvalue weighted by atomic mass is 19.1. The van der Waals surface area contributed by atoms with Crippen molar-refractivity contribution in [3.8, 4) is 0 Å². The van der Waals surface area contributed by atoms with Crippen LogP contribution in [0.25, 0.3) is 0 Å². The van der Waals surface area contributed by atoms with Crippen molar-refractivity contribution in [1.29, 1.82) is 10.8 Å². The van der Waals surface area contributed by atoms with Crippen LogP contribution in [0.15, 0.2) is 72.3 Å². The van der Waals surface area contributed by atoms with Crippen molar-refractivity contribution >= 4 is 29.1 Å². The Morgan fingerprint density at radius 1 is 1.17 bits per heavy atom. The molecule has 1 aliphatic heterocycles. The first-order valence-corrected chi connectivity index (χ1v) is 11.2. The van der Waals surface area contributed by atoms with E-state index in [1.807, 2.05) is 12.1 Å². The lowest BCUT2D eigenvalue weighted by Gasteiger charge is -2.22. The molecule has 0 saturated carbocycles. The van der Waals surface area contributed by atoms with E-state index in [4.69, 9.17) is 20.3 Å². The summed E-state index contributed by atoms with van der Waals surface area (Å²) in [5.41, 5.74) is 1.15. The van der Waals surface area contributed by atoms with Gasteiger partial charge in [0.2, 0.25) is 5.78 Å². The Labute approximate surface area is 202 Å². The molecule has 2 aromatic rings. The molecular formula is C26H28F2N4O3. The highest BCUT2D eigenvalue weighted by molar-refractivity contribution is 6.50. The fourth-order valence-corrected chi connectivity index (χ4v) is 3.59. The van der Waals surface area contributed by atoms with Gasteiger partial charge in [0.05, 0.1) is 11.4 Å². The van der Waals surface area contributed by atoms with Gasteiger partial charge in [-0.1, -0.05) is 24.3 Å². The van der Waals surface area contributed by atoms with Crippen LogP contribution >= 0.6 is 0 Å². The second-order valence-corrected chi connectivity index (χ2v) is 7.76. The maximum absolute atomic E-state index is 14.7. The average Bonchev–Trinajstić information content (AvgIpc) is 2.89. The van der Waals surface area contributed by atoms with Crippen LogP contribution in [0.2, 0.25) is 0 Å². The van der Waals surface area contributed by atoms with Crippen molar-refractivity contribution in [3.63, 3.8) is 0 Å². The number of allylic oxidation sites excluding steroid dienone is 3. The number of carbonyl (C=O) groups is 1. The van der Waals surface area contributed by atoms with Crippen molar-refractivity contribution in [3.05, 3.63) is 83.6 Å². The standard InChI is InChI=1S/C26H28F2N4O3/c27-11-15-35-24(26(33)25(30)23(8-12-29)32-20-4-2-1-3-5-20)17-31-22-7-6-19(16-21(22)28)18-9-13-34-14-10-18/h1-8,12,16-18,29-32H,9-11,13-15H2/b23-8-,24-17+,29-12?,30-25?. The summed E-state index contributed by atoms with van der Waals surface area (Å²) in [6, 6.07) is 13.7. The summed E-state index contributed by atoms with van der Waals surface area (Å²) in [6.45, 7) is 0.0306. The first-order chi connectivity index (χ1) is 17.0. The van der Waals surface area contributed by atoms with Gasteiger partial charge in [-0.15, -0.1) is 0 Å². The molecule has 1 fully saturated rings. The van der Waals surface area contributed by atoms with Gasteiger partial charge in [-0.25, -0.2) is 8.78 Å². The number of anilines is 2. The molecular weight excluding hydrogens is 454 g/mol. The van der Waals surface area contributed by atoms with E-state index in [1.165, 1.54) is 12.1 Å². The van der Waals surface area contributed by atoms with Crippen LogP contribution in [-0.4, -0.2) is 44.2 Å². The van der Waals surface area contributed by atoms with E-state index in [-0.39, 0.29) is 23.1 Å². The number of para-hydroxylation sites is 1. The van der Waals surface area contributed by atoms with Crippen molar-refractivity contribution in [1.82, 2.24) is 0 Å². The first kappa shape index (κ1) is 25.8. The van der Waals surface area contributed by atoms with E-state index in [2.05, 4.69) is 10.6 Å². The second kappa shape index (κ2) is 13.1. The number of nitrogens with one attached hydrogen (secondary N) is 4. The minimum Gasteiger partial charge on any atom is -0.485 e. The Bertz CT molecular complexity index is 1100. The molecule has 35 heavy (non-hydrogen) atoms. The van der Waals surface area contributed by atoms with E-state index in [9.17, 15) is 13.6 Å². The molecule has 184 valence electrons. The molecule has 0 unspecified atom stereocenters. The third-order valence-electron chi connectivity index (χ3n) is 5.40. The zero-order chi connectivity index (χ0) is 25.0. The smallest absolute Gasteiger partial charge is 0.248 e. The van der Waals surface area contributed by atoms with Gasteiger partial charge in [-0.05, 0) is 54.7 Å². The number of hydrogen-bond acceptors (Lipinski definition) is 7. The van der Waals surface area contributed by atoms with E-state index in [0.29, 0.717) is 18.9 Å². The van der Waals surface area contributed by atoms with E-state index < -0.39 is 30.6 Å². The van der Waals surface area contributed by atoms with Crippen molar-refractivity contribution in [2.75, 3.05) is 37.1 Å². The highest BCUT2D eigenvalue weighted by Crippen LogP contribution is 2.29. The maximum Gasteiger partial charge on any atom is 0.248 e. The first-order valence-electron chi connectivity index (χ1n) is 11.2. The molecule has 0 bridgehead atoms. The lowest BCUT2D eigenvalue weighted by atomic mass is 9.91. The zero-order valence-corrected chi connectivity index (χ0v) is 19.2. The molecule has 2 aromatic carbocycles. The van der Waals surface area contributed by atoms with E-state index in [0.717, 1.165) is 30.8 Å². The molecule has 1 aliphatic rings. The number of ether oxygens (including phenoxy) is 2. The second-order valence-electron chi connectivity index (χ2n) is 7.76. The Kier molecular flexibility index (Phi) is 9.68. The van der Waals surface area contributed by atoms with Gasteiger partial charge in [0.15, 0.2) is 5.76 Å². The molecule has 9 heteroatoms. The summed E-state index contributed by atoms with van der Waals surface area (Å²) in [5, 5.41) is 21.3. The summed E-state index contributed by atoms with van der Waals surface area (Å²) in [7, 11) is 0. The van der Waals surface area contributed by atoms with Gasteiger partial charge in [-0.3, -0.25) is 10.2 Å². The minimum atomic E-state index is -0.860. The molecule has 0 radical (unpaired) electrons. The Hall–Kier alpha value is -3.85. The minimum absolute atomic E-state index is 0.0537. The third kappa shape index (κ3) is 7.31. The van der Waals surface area contributed by atoms with Gasteiger partial charge in [0.25, 0.3) is 0 Å². The topological polar surface area (TPSA) is 107 Å². The zero-order valence-electron chi connectivity index (χ0n) is 19.2. The van der Waals surface area contributed by atoms with Crippen LogP contribution < -0.4 is 10.6 Å². The van der Waals surface area contributed by atoms with E-state index in [1.54, 1.807) is 30.3 Å². The SMILES string of the molecule is N=C/C=C(\Nc1ccccc1)C(=N)C(=O)/C(=C\Nc1ccc(C2CCOCC2)cc1F)OCCF. The van der Waals surface area contributed by atoms with Crippen LogP contribution in [-0.2, 0) is 14.3 Å². The van der Waals surface area contributed by atoms with Crippen molar-refractivity contribution in [2.24, 2.45) is 0 Å². The Morgan fingerprint density at radius 3 is 2.57 bits per heavy atom. The average molecular weight is 483 g/mol. The highest BCUT2D eigenvalue weighted by Gasteiger charge is 2.22. The molecule has 0 aliphatic carbocycles. The largest absolute Gasteiger partial charge is 0.485 e. The quantitative estimate of drug-likeness (QED) is 0.189. The monoisotopic (exact) mass is 482 g/mol. The van der Waals surface area contributed by atoms with Crippen molar-refractivity contribution < 1.29 is 23.0 Å². The number of halogens is 2. The van der Waals surface area contributed by atoms with Crippen LogP contribution in [0, 0.1) is 16.6 Å². The predicted octanol–water partition coefficient (Wildman–Crippen LogP) is 5.19. The lowest BCUT2D eigenvalue weighted by molar-refractivity contribution is -0.113. The molecule has 0 aromatic heterocycles. The molecule has 1 heterocycles.